The number of benzene rings is 4. The number of fused-ring (bicyclic) bond motifs is 2. The molecule has 5 nitrogen and oxygen atoms in total. The summed E-state index contributed by atoms with van der Waals surface area (Å²) in [7, 11) is 0. The summed E-state index contributed by atoms with van der Waals surface area (Å²) in [5, 5.41) is 2.98. The normalized spacial score (nSPS) is 12.3. The van der Waals surface area contributed by atoms with Crippen LogP contribution < -0.4 is 10.2 Å². The van der Waals surface area contributed by atoms with Gasteiger partial charge in [0.05, 0.1) is 6.54 Å². The molecule has 0 spiro atoms. The Morgan fingerprint density at radius 3 is 2.24 bits per heavy atom. The molecule has 4 aromatic carbocycles. The minimum atomic E-state index is -0.194. The van der Waals surface area contributed by atoms with E-state index in [1.54, 1.807) is 24.3 Å². The molecule has 0 unspecified atom stereocenters. The van der Waals surface area contributed by atoms with E-state index in [-0.39, 0.29) is 11.8 Å². The molecule has 2 amide bonds. The van der Waals surface area contributed by atoms with E-state index in [0.717, 1.165) is 34.6 Å². The summed E-state index contributed by atoms with van der Waals surface area (Å²) in [6, 6.07) is 36.6. The zero-order valence-corrected chi connectivity index (χ0v) is 20.2. The van der Waals surface area contributed by atoms with Gasteiger partial charge in [0, 0.05) is 40.9 Å². The Hall–Kier alpha value is -4.90. The number of anilines is 2. The molecule has 180 valence electrons. The summed E-state index contributed by atoms with van der Waals surface area (Å²) < 4.78 is 2.18. The summed E-state index contributed by atoms with van der Waals surface area (Å²) in [4.78, 5) is 28.6. The third-order valence-electron chi connectivity index (χ3n) is 6.76. The first kappa shape index (κ1) is 22.6. The van der Waals surface area contributed by atoms with Crippen LogP contribution in [0.5, 0.6) is 0 Å². The summed E-state index contributed by atoms with van der Waals surface area (Å²) in [5.41, 5.74) is 6.77. The maximum Gasteiger partial charge on any atom is 0.258 e. The van der Waals surface area contributed by atoms with Gasteiger partial charge < -0.3 is 14.8 Å². The number of carbonyl (C=O) groups is 2. The number of nitrogens with one attached hydrogen (secondary N) is 1. The Balaban J connectivity index is 1.24. The third-order valence-corrected chi connectivity index (χ3v) is 6.76. The van der Waals surface area contributed by atoms with Gasteiger partial charge in [-0.2, -0.15) is 0 Å². The maximum absolute atomic E-state index is 13.6. The van der Waals surface area contributed by atoms with Crippen LogP contribution >= 0.6 is 0 Å². The molecule has 1 aliphatic heterocycles. The molecule has 0 radical (unpaired) electrons. The minimum Gasteiger partial charge on any atom is -0.345 e. The number of para-hydroxylation sites is 1. The number of aromatic nitrogens is 1. The van der Waals surface area contributed by atoms with Gasteiger partial charge in [0.25, 0.3) is 11.8 Å². The minimum absolute atomic E-state index is 0.0746. The van der Waals surface area contributed by atoms with Crippen molar-refractivity contribution < 1.29 is 9.59 Å². The van der Waals surface area contributed by atoms with Crippen molar-refractivity contribution in [2.45, 2.75) is 13.1 Å². The predicted octanol–water partition coefficient (Wildman–Crippen LogP) is 6.62. The molecule has 5 heteroatoms. The van der Waals surface area contributed by atoms with Gasteiger partial charge in [0.2, 0.25) is 0 Å². The fourth-order valence-electron chi connectivity index (χ4n) is 4.87. The van der Waals surface area contributed by atoms with Gasteiger partial charge in [-0.3, -0.25) is 9.59 Å². The first-order valence-electron chi connectivity index (χ1n) is 12.3. The molecule has 0 bridgehead atoms. The first-order valence-corrected chi connectivity index (χ1v) is 12.3. The molecule has 0 atom stereocenters. The fourth-order valence-corrected chi connectivity index (χ4v) is 4.87. The van der Waals surface area contributed by atoms with Gasteiger partial charge in [-0.05, 0) is 65.2 Å². The standard InChI is InChI=1S/C32H25N3O2/c36-31(29-14-6-5-13-28(29)23-9-2-1-3-10-23)33-26-18-16-24(17-19-26)32(37)35-22-27-12-8-20-34(27)21-25-11-4-7-15-30(25)35/h1-20H,21-22H2,(H,33,36). The van der Waals surface area contributed by atoms with E-state index in [1.165, 1.54) is 0 Å². The molecule has 0 saturated carbocycles. The molecule has 0 saturated heterocycles. The monoisotopic (exact) mass is 483 g/mol. The van der Waals surface area contributed by atoms with Crippen molar-refractivity contribution >= 4 is 23.2 Å². The molecule has 6 rings (SSSR count). The largest absolute Gasteiger partial charge is 0.345 e. The lowest BCUT2D eigenvalue weighted by Crippen LogP contribution is -2.30. The topological polar surface area (TPSA) is 54.3 Å². The van der Waals surface area contributed by atoms with E-state index in [9.17, 15) is 9.59 Å². The van der Waals surface area contributed by atoms with Crippen LogP contribution in [0.15, 0.2) is 121 Å². The van der Waals surface area contributed by atoms with Crippen LogP contribution in [0.2, 0.25) is 0 Å². The van der Waals surface area contributed by atoms with E-state index < -0.39 is 0 Å². The summed E-state index contributed by atoms with van der Waals surface area (Å²) >= 11 is 0. The Morgan fingerprint density at radius 1 is 0.676 bits per heavy atom. The smallest absolute Gasteiger partial charge is 0.258 e. The Kier molecular flexibility index (Phi) is 5.87. The van der Waals surface area contributed by atoms with E-state index in [0.29, 0.717) is 23.4 Å². The highest BCUT2D eigenvalue weighted by Crippen LogP contribution is 2.29. The van der Waals surface area contributed by atoms with Crippen LogP contribution in [0.25, 0.3) is 11.1 Å². The lowest BCUT2D eigenvalue weighted by molar-refractivity contribution is 0.0984. The zero-order valence-electron chi connectivity index (χ0n) is 20.2. The maximum atomic E-state index is 13.6. The van der Waals surface area contributed by atoms with Crippen LogP contribution in [-0.4, -0.2) is 16.4 Å². The number of hydrogen-bond acceptors (Lipinski definition) is 2. The molecule has 37 heavy (non-hydrogen) atoms. The highest BCUT2D eigenvalue weighted by molar-refractivity contribution is 6.09. The molecule has 1 aliphatic rings. The molecule has 0 fully saturated rings. The van der Waals surface area contributed by atoms with Crippen molar-refractivity contribution in [2.75, 3.05) is 10.2 Å². The first-order chi connectivity index (χ1) is 18.2. The van der Waals surface area contributed by atoms with E-state index in [2.05, 4.69) is 22.0 Å². The van der Waals surface area contributed by atoms with Crippen LogP contribution in [-0.2, 0) is 13.1 Å². The summed E-state index contributed by atoms with van der Waals surface area (Å²) in [5.74, 6) is -0.268. The van der Waals surface area contributed by atoms with Crippen molar-refractivity contribution in [1.82, 2.24) is 4.57 Å². The summed E-state index contributed by atoms with van der Waals surface area (Å²) in [6.45, 7) is 1.23. The van der Waals surface area contributed by atoms with Crippen LogP contribution in [0.4, 0.5) is 11.4 Å². The summed E-state index contributed by atoms with van der Waals surface area (Å²) in [6.07, 6.45) is 2.05. The van der Waals surface area contributed by atoms with E-state index in [4.69, 9.17) is 0 Å². The SMILES string of the molecule is O=C(Nc1ccc(C(=O)N2Cc3cccn3Cc3ccccc32)cc1)c1ccccc1-c1ccccc1. The lowest BCUT2D eigenvalue weighted by Gasteiger charge is -2.23. The van der Waals surface area contributed by atoms with Crippen LogP contribution in [0.1, 0.15) is 32.0 Å². The molecular formula is C32H25N3O2. The Morgan fingerprint density at radius 2 is 1.41 bits per heavy atom. The number of rotatable bonds is 4. The quantitative estimate of drug-likeness (QED) is 0.312. The molecule has 5 aromatic rings. The molecule has 0 aliphatic carbocycles. The van der Waals surface area contributed by atoms with Crippen molar-refractivity contribution in [2.24, 2.45) is 0 Å². The molecule has 1 aromatic heterocycles. The Bertz CT molecular complexity index is 1590. The van der Waals surface area contributed by atoms with Gasteiger partial charge >= 0.3 is 0 Å². The van der Waals surface area contributed by atoms with E-state index in [1.807, 2.05) is 90.0 Å². The van der Waals surface area contributed by atoms with Gasteiger partial charge in [-0.15, -0.1) is 0 Å². The molecule has 2 heterocycles. The zero-order chi connectivity index (χ0) is 25.2. The van der Waals surface area contributed by atoms with Crippen molar-refractivity contribution in [3.05, 3.63) is 144 Å². The predicted molar refractivity (Wildman–Crippen MR) is 147 cm³/mol. The van der Waals surface area contributed by atoms with Gasteiger partial charge in [-0.1, -0.05) is 66.7 Å². The van der Waals surface area contributed by atoms with Crippen molar-refractivity contribution in [3.63, 3.8) is 0 Å². The van der Waals surface area contributed by atoms with E-state index >= 15 is 0 Å². The number of nitrogens with zero attached hydrogens (tertiary/aromatic N) is 2. The molecule has 1 N–H and O–H groups in total. The second kappa shape index (κ2) is 9.63. The van der Waals surface area contributed by atoms with Crippen molar-refractivity contribution in [3.8, 4) is 11.1 Å². The fraction of sp³-hybridized carbons (Fsp3) is 0.0625. The average molecular weight is 484 g/mol. The number of amides is 2. The Labute approximate surface area is 215 Å². The second-order valence-corrected chi connectivity index (χ2v) is 9.09. The third kappa shape index (κ3) is 4.43. The van der Waals surface area contributed by atoms with Gasteiger partial charge in [-0.25, -0.2) is 0 Å². The van der Waals surface area contributed by atoms with Gasteiger partial charge in [0.15, 0.2) is 0 Å². The second-order valence-electron chi connectivity index (χ2n) is 9.09. The highest BCUT2D eigenvalue weighted by Gasteiger charge is 2.24. The van der Waals surface area contributed by atoms with Crippen molar-refractivity contribution in [1.29, 1.82) is 0 Å². The van der Waals surface area contributed by atoms with Crippen LogP contribution in [0.3, 0.4) is 0 Å². The van der Waals surface area contributed by atoms with Crippen LogP contribution in [0, 0.1) is 0 Å². The lowest BCUT2D eigenvalue weighted by atomic mass is 9.99. The van der Waals surface area contributed by atoms with Gasteiger partial charge in [0.1, 0.15) is 0 Å². The average Bonchev–Trinajstić information content (AvgIpc) is 3.32. The number of hydrogen-bond donors (Lipinski definition) is 1. The molecular weight excluding hydrogens is 458 g/mol. The number of carbonyl (C=O) groups excluding carboxylic acids is 2. The highest BCUT2D eigenvalue weighted by atomic mass is 16.2.